The van der Waals surface area contributed by atoms with Crippen molar-refractivity contribution in [2.24, 2.45) is 5.73 Å². The van der Waals surface area contributed by atoms with Crippen molar-refractivity contribution >= 4 is 0 Å². The Morgan fingerprint density at radius 1 is 1.29 bits per heavy atom. The fraction of sp³-hybridized carbons (Fsp3) is 0.538. The molecule has 0 amide bonds. The van der Waals surface area contributed by atoms with Crippen molar-refractivity contribution in [1.29, 1.82) is 0 Å². The molecule has 17 heavy (non-hydrogen) atoms. The number of nitrogens with two attached hydrogens (primary N) is 1. The summed E-state index contributed by atoms with van der Waals surface area (Å²) in [5.74, 6) is 0.866. The number of likely N-dealkylation sites (N-methyl/N-ethyl adjacent to an activating group) is 1. The van der Waals surface area contributed by atoms with Gasteiger partial charge in [-0.2, -0.15) is 0 Å². The van der Waals surface area contributed by atoms with Gasteiger partial charge in [0.25, 0.3) is 0 Å². The molecular formula is C13H22N2O2. The lowest BCUT2D eigenvalue weighted by atomic mass is 10.1. The molecule has 0 unspecified atom stereocenters. The first-order valence-corrected chi connectivity index (χ1v) is 5.74. The highest BCUT2D eigenvalue weighted by Crippen LogP contribution is 2.20. The highest BCUT2D eigenvalue weighted by Gasteiger charge is 2.05. The van der Waals surface area contributed by atoms with E-state index in [0.29, 0.717) is 6.54 Å². The molecule has 4 heteroatoms. The van der Waals surface area contributed by atoms with Crippen LogP contribution >= 0.6 is 0 Å². The maximum absolute atomic E-state index is 5.64. The van der Waals surface area contributed by atoms with Gasteiger partial charge < -0.3 is 15.2 Å². The summed E-state index contributed by atoms with van der Waals surface area (Å²) in [6.07, 6.45) is 0. The average Bonchev–Trinajstić information content (AvgIpc) is 2.36. The van der Waals surface area contributed by atoms with Crippen molar-refractivity contribution in [3.63, 3.8) is 0 Å². The number of nitrogens with zero attached hydrogens (tertiary/aromatic N) is 1. The highest BCUT2D eigenvalue weighted by atomic mass is 16.5. The van der Waals surface area contributed by atoms with Crippen molar-refractivity contribution in [1.82, 2.24) is 4.90 Å². The van der Waals surface area contributed by atoms with Gasteiger partial charge in [-0.15, -0.1) is 0 Å². The van der Waals surface area contributed by atoms with Gasteiger partial charge in [-0.25, -0.2) is 0 Å². The Hall–Kier alpha value is -1.10. The van der Waals surface area contributed by atoms with E-state index in [9.17, 15) is 0 Å². The predicted octanol–water partition coefficient (Wildman–Crippen LogP) is 1.23. The van der Waals surface area contributed by atoms with Crippen LogP contribution in [0.15, 0.2) is 18.2 Å². The lowest BCUT2D eigenvalue weighted by Crippen LogP contribution is -2.22. The van der Waals surface area contributed by atoms with E-state index in [0.717, 1.165) is 31.0 Å². The van der Waals surface area contributed by atoms with E-state index in [-0.39, 0.29) is 0 Å². The largest absolute Gasteiger partial charge is 0.496 e. The Labute approximate surface area is 103 Å². The van der Waals surface area contributed by atoms with Crippen LogP contribution in [-0.4, -0.2) is 39.3 Å². The van der Waals surface area contributed by atoms with Gasteiger partial charge in [0.05, 0.1) is 13.7 Å². The number of ether oxygens (including phenoxy) is 2. The van der Waals surface area contributed by atoms with Gasteiger partial charge >= 0.3 is 0 Å². The average molecular weight is 238 g/mol. The van der Waals surface area contributed by atoms with E-state index in [1.807, 2.05) is 12.1 Å². The molecule has 1 rings (SSSR count). The normalized spacial score (nSPS) is 10.9. The zero-order valence-electron chi connectivity index (χ0n) is 10.9. The van der Waals surface area contributed by atoms with Crippen LogP contribution in [0.3, 0.4) is 0 Å². The van der Waals surface area contributed by atoms with E-state index in [1.54, 1.807) is 14.2 Å². The van der Waals surface area contributed by atoms with Gasteiger partial charge in [0.1, 0.15) is 5.75 Å². The fourth-order valence-corrected chi connectivity index (χ4v) is 1.69. The molecule has 0 aliphatic heterocycles. The van der Waals surface area contributed by atoms with Crippen molar-refractivity contribution in [2.75, 3.05) is 34.4 Å². The summed E-state index contributed by atoms with van der Waals surface area (Å²) in [5.41, 5.74) is 7.89. The lowest BCUT2D eigenvalue weighted by Gasteiger charge is -2.17. The topological polar surface area (TPSA) is 47.7 Å². The Kier molecular flexibility index (Phi) is 5.97. The second kappa shape index (κ2) is 7.27. The van der Waals surface area contributed by atoms with Crippen LogP contribution in [0.25, 0.3) is 0 Å². The van der Waals surface area contributed by atoms with E-state index in [4.69, 9.17) is 15.2 Å². The van der Waals surface area contributed by atoms with Gasteiger partial charge in [-0.1, -0.05) is 12.1 Å². The van der Waals surface area contributed by atoms with Crippen molar-refractivity contribution in [2.45, 2.75) is 13.1 Å². The summed E-state index contributed by atoms with van der Waals surface area (Å²) >= 11 is 0. The van der Waals surface area contributed by atoms with Crippen molar-refractivity contribution < 1.29 is 9.47 Å². The number of benzene rings is 1. The predicted molar refractivity (Wildman–Crippen MR) is 69.1 cm³/mol. The molecule has 96 valence electrons. The summed E-state index contributed by atoms with van der Waals surface area (Å²) in [6.45, 7) is 3.04. The first-order valence-electron chi connectivity index (χ1n) is 5.74. The van der Waals surface area contributed by atoms with E-state index in [1.165, 1.54) is 5.56 Å². The van der Waals surface area contributed by atoms with Crippen LogP contribution in [0.5, 0.6) is 5.75 Å². The monoisotopic (exact) mass is 238 g/mol. The first kappa shape index (κ1) is 14.0. The summed E-state index contributed by atoms with van der Waals surface area (Å²) in [5, 5.41) is 0. The van der Waals surface area contributed by atoms with Crippen LogP contribution in [0.1, 0.15) is 11.1 Å². The summed E-state index contributed by atoms with van der Waals surface area (Å²) < 4.78 is 10.4. The summed E-state index contributed by atoms with van der Waals surface area (Å²) in [4.78, 5) is 2.21. The Morgan fingerprint density at radius 2 is 2.06 bits per heavy atom. The third-order valence-electron chi connectivity index (χ3n) is 2.70. The number of rotatable bonds is 7. The minimum absolute atomic E-state index is 0.503. The van der Waals surface area contributed by atoms with E-state index in [2.05, 4.69) is 18.0 Å². The molecule has 1 aromatic carbocycles. The van der Waals surface area contributed by atoms with Gasteiger partial charge in [0.2, 0.25) is 0 Å². The number of hydrogen-bond donors (Lipinski definition) is 1. The molecule has 0 saturated carbocycles. The van der Waals surface area contributed by atoms with Crippen LogP contribution in [0.2, 0.25) is 0 Å². The Bertz CT molecular complexity index is 342. The lowest BCUT2D eigenvalue weighted by molar-refractivity contribution is 0.158. The third kappa shape index (κ3) is 4.34. The highest BCUT2D eigenvalue weighted by molar-refractivity contribution is 5.37. The SMILES string of the molecule is COCCN(C)Cc1ccc(CN)c(OC)c1. The smallest absolute Gasteiger partial charge is 0.123 e. The maximum atomic E-state index is 5.64. The second-order valence-corrected chi connectivity index (χ2v) is 4.08. The Balaban J connectivity index is 2.65. The van der Waals surface area contributed by atoms with Crippen molar-refractivity contribution in [3.8, 4) is 5.75 Å². The van der Waals surface area contributed by atoms with Crippen molar-refractivity contribution in [3.05, 3.63) is 29.3 Å². The molecule has 0 spiro atoms. The van der Waals surface area contributed by atoms with Gasteiger partial charge in [-0.05, 0) is 18.7 Å². The third-order valence-corrected chi connectivity index (χ3v) is 2.70. The van der Waals surface area contributed by atoms with Crippen LogP contribution in [-0.2, 0) is 17.8 Å². The molecule has 1 aromatic rings. The Morgan fingerprint density at radius 3 is 2.65 bits per heavy atom. The van der Waals surface area contributed by atoms with Gasteiger partial charge in [-0.3, -0.25) is 4.90 Å². The molecule has 2 N–H and O–H groups in total. The summed E-state index contributed by atoms with van der Waals surface area (Å²) in [6, 6.07) is 6.16. The molecule has 0 saturated heterocycles. The minimum Gasteiger partial charge on any atom is -0.496 e. The second-order valence-electron chi connectivity index (χ2n) is 4.08. The molecule has 0 bridgehead atoms. The van der Waals surface area contributed by atoms with Crippen LogP contribution in [0, 0.1) is 0 Å². The molecule has 0 heterocycles. The minimum atomic E-state index is 0.503. The van der Waals surface area contributed by atoms with Crippen LogP contribution in [0.4, 0.5) is 0 Å². The molecule has 0 aromatic heterocycles. The molecule has 0 aliphatic carbocycles. The van der Waals surface area contributed by atoms with Crippen LogP contribution < -0.4 is 10.5 Å². The molecule has 0 atom stereocenters. The van der Waals surface area contributed by atoms with E-state index >= 15 is 0 Å². The van der Waals surface area contributed by atoms with Gasteiger partial charge in [0, 0.05) is 32.3 Å². The van der Waals surface area contributed by atoms with E-state index < -0.39 is 0 Å². The molecule has 0 radical (unpaired) electrons. The zero-order valence-corrected chi connectivity index (χ0v) is 10.9. The zero-order chi connectivity index (χ0) is 12.7. The molecule has 0 fully saturated rings. The molecule has 4 nitrogen and oxygen atoms in total. The quantitative estimate of drug-likeness (QED) is 0.776. The number of hydrogen-bond acceptors (Lipinski definition) is 4. The fourth-order valence-electron chi connectivity index (χ4n) is 1.69. The maximum Gasteiger partial charge on any atom is 0.123 e. The van der Waals surface area contributed by atoms with Gasteiger partial charge in [0.15, 0.2) is 0 Å². The molecular weight excluding hydrogens is 216 g/mol. The molecule has 0 aliphatic rings. The summed E-state index contributed by atoms with van der Waals surface area (Å²) in [7, 11) is 5.46. The first-order chi connectivity index (χ1) is 8.21. The number of methoxy groups -OCH3 is 2. The standard InChI is InChI=1S/C13H22N2O2/c1-15(6-7-16-2)10-11-4-5-12(9-14)13(8-11)17-3/h4-5,8H,6-7,9-10,14H2,1-3H3.